The van der Waals surface area contributed by atoms with E-state index in [0.29, 0.717) is 48.7 Å². The fourth-order valence-corrected chi connectivity index (χ4v) is 4.15. The maximum absolute atomic E-state index is 15.2. The van der Waals surface area contributed by atoms with E-state index in [0.717, 1.165) is 12.1 Å². The minimum absolute atomic E-state index is 0.154. The number of hydrogen-bond acceptors (Lipinski definition) is 6. The molecule has 0 aliphatic carbocycles. The van der Waals surface area contributed by atoms with Crippen LogP contribution in [0.3, 0.4) is 0 Å². The van der Waals surface area contributed by atoms with Gasteiger partial charge in [0.25, 0.3) is 5.91 Å². The molecule has 9 heteroatoms. The lowest BCUT2D eigenvalue weighted by molar-refractivity contribution is 0.0524. The highest BCUT2D eigenvalue weighted by Gasteiger charge is 2.30. The minimum Gasteiger partial charge on any atom is -0.384 e. The lowest BCUT2D eigenvalue weighted by Gasteiger charge is -2.38. The molecule has 4 rings (SSSR count). The van der Waals surface area contributed by atoms with E-state index in [1.807, 2.05) is 20.9 Å². The molecule has 180 valence electrons. The van der Waals surface area contributed by atoms with E-state index in [1.54, 1.807) is 12.1 Å². The molecule has 0 saturated carbocycles. The average molecular weight is 477 g/mol. The molecule has 1 saturated heterocycles. The fourth-order valence-electron chi connectivity index (χ4n) is 4.15. The Balaban J connectivity index is 1.73. The first kappa shape index (κ1) is 24.2. The number of aromatic nitrogens is 3. The molecule has 1 fully saturated rings. The molecule has 7 nitrogen and oxygen atoms in total. The quantitative estimate of drug-likeness (QED) is 0.585. The molecule has 3 heterocycles. The van der Waals surface area contributed by atoms with Gasteiger partial charge in [-0.1, -0.05) is 18.8 Å². The summed E-state index contributed by atoms with van der Waals surface area (Å²) < 4.78 is 30.4. The minimum atomic E-state index is -0.936. The number of anilines is 1. The summed E-state index contributed by atoms with van der Waals surface area (Å²) >= 11 is 0. The summed E-state index contributed by atoms with van der Waals surface area (Å²) in [5.74, 6) is 3.86. The van der Waals surface area contributed by atoms with Crippen LogP contribution in [0.4, 0.5) is 14.6 Å². The second kappa shape index (κ2) is 10.2. The first-order valence-corrected chi connectivity index (χ1v) is 11.3. The molecule has 1 amide bonds. The number of pyridine rings is 1. The van der Waals surface area contributed by atoms with Gasteiger partial charge in [-0.3, -0.25) is 4.79 Å². The maximum atomic E-state index is 15.2. The number of halogens is 2. The van der Waals surface area contributed by atoms with Gasteiger partial charge in [-0.15, -0.1) is 0 Å². The molecule has 0 unspecified atom stereocenters. The third-order valence-electron chi connectivity index (χ3n) is 6.00. The molecular formula is C26H26F2N6O. The van der Waals surface area contributed by atoms with Gasteiger partial charge in [-0.05, 0) is 44.7 Å². The molecule has 2 aromatic heterocycles. The van der Waals surface area contributed by atoms with E-state index >= 15 is 8.78 Å². The number of benzene rings is 1. The van der Waals surface area contributed by atoms with Crippen LogP contribution in [0.5, 0.6) is 0 Å². The Kier molecular flexibility index (Phi) is 7.03. The summed E-state index contributed by atoms with van der Waals surface area (Å²) in [6, 6.07) is 5.47. The Morgan fingerprint density at radius 1 is 1.14 bits per heavy atom. The van der Waals surface area contributed by atoms with Crippen LogP contribution in [0.25, 0.3) is 11.3 Å². The third kappa shape index (κ3) is 5.12. The summed E-state index contributed by atoms with van der Waals surface area (Å²) in [6.45, 7) is 5.46. The highest BCUT2D eigenvalue weighted by molar-refractivity contribution is 5.95. The Morgan fingerprint density at radius 3 is 2.51 bits per heavy atom. The van der Waals surface area contributed by atoms with E-state index in [1.165, 1.54) is 17.4 Å². The monoisotopic (exact) mass is 476 g/mol. The first-order valence-electron chi connectivity index (χ1n) is 11.3. The van der Waals surface area contributed by atoms with Crippen LogP contribution >= 0.6 is 0 Å². The van der Waals surface area contributed by atoms with Crippen molar-refractivity contribution >= 4 is 11.7 Å². The van der Waals surface area contributed by atoms with Crippen molar-refractivity contribution in [1.29, 1.82) is 0 Å². The fraction of sp³-hybridized carbons (Fsp3) is 0.308. The van der Waals surface area contributed by atoms with Gasteiger partial charge in [-0.25, -0.2) is 23.7 Å². The van der Waals surface area contributed by atoms with Crippen molar-refractivity contribution in [2.75, 3.05) is 32.4 Å². The number of amides is 1. The van der Waals surface area contributed by atoms with E-state index in [2.05, 4.69) is 31.7 Å². The normalized spacial score (nSPS) is 16.0. The Labute approximate surface area is 203 Å². The number of carbonyl (C=O) groups is 1. The number of nitrogen functional groups attached to an aromatic ring is 1. The standard InChI is InChI=1S/C26H26F2N6O/c1-4-22-19(7-5-17-6-8-23(29)30-13-17)25(32-15-31-22)18-11-20(27)24(21(28)12-18)26(35)34-10-9-33(3)14-16(34)2/h6,8,11-13,15-16H,4,9-10,14H2,1-3H3,(H2,29,30)/t16-/m1/s1. The molecule has 0 radical (unpaired) electrons. The average Bonchev–Trinajstić information content (AvgIpc) is 2.83. The van der Waals surface area contributed by atoms with Crippen LogP contribution in [0.15, 0.2) is 36.8 Å². The van der Waals surface area contributed by atoms with Crippen molar-refractivity contribution < 1.29 is 13.6 Å². The topological polar surface area (TPSA) is 88.2 Å². The lowest BCUT2D eigenvalue weighted by Crippen LogP contribution is -2.53. The molecule has 1 aliphatic rings. The van der Waals surface area contributed by atoms with Crippen molar-refractivity contribution in [1.82, 2.24) is 24.8 Å². The van der Waals surface area contributed by atoms with Gasteiger partial charge in [-0.2, -0.15) is 0 Å². The molecule has 1 atom stereocenters. The van der Waals surface area contributed by atoms with E-state index in [4.69, 9.17) is 5.73 Å². The molecule has 3 aromatic rings. The van der Waals surface area contributed by atoms with Gasteiger partial charge in [0.2, 0.25) is 0 Å². The summed E-state index contributed by atoms with van der Waals surface area (Å²) in [7, 11) is 1.95. The molecule has 0 bridgehead atoms. The molecule has 1 aliphatic heterocycles. The second-order valence-corrected chi connectivity index (χ2v) is 8.54. The Bertz CT molecular complexity index is 1290. The predicted molar refractivity (Wildman–Crippen MR) is 129 cm³/mol. The van der Waals surface area contributed by atoms with Crippen molar-refractivity contribution in [2.24, 2.45) is 0 Å². The van der Waals surface area contributed by atoms with Gasteiger partial charge in [0.15, 0.2) is 0 Å². The van der Waals surface area contributed by atoms with Crippen molar-refractivity contribution in [3.8, 4) is 23.1 Å². The van der Waals surface area contributed by atoms with Crippen molar-refractivity contribution in [3.05, 3.63) is 70.8 Å². The zero-order valence-electron chi connectivity index (χ0n) is 19.8. The molecule has 0 spiro atoms. The van der Waals surface area contributed by atoms with E-state index < -0.39 is 23.1 Å². The van der Waals surface area contributed by atoms with Crippen LogP contribution in [0.1, 0.15) is 41.0 Å². The number of piperazine rings is 1. The first-order chi connectivity index (χ1) is 16.8. The SMILES string of the molecule is CCc1ncnc(-c2cc(F)c(C(=O)N3CCN(C)C[C@H]3C)c(F)c2)c1C#Cc1ccc(N)nc1. The highest BCUT2D eigenvalue weighted by atomic mass is 19.1. The number of aryl methyl sites for hydroxylation is 1. The van der Waals surface area contributed by atoms with E-state index in [-0.39, 0.29) is 17.3 Å². The van der Waals surface area contributed by atoms with Gasteiger partial charge in [0.1, 0.15) is 29.3 Å². The predicted octanol–water partition coefficient (Wildman–Crippen LogP) is 3.14. The van der Waals surface area contributed by atoms with E-state index in [9.17, 15) is 4.79 Å². The van der Waals surface area contributed by atoms with Crippen LogP contribution in [0, 0.1) is 23.5 Å². The largest absolute Gasteiger partial charge is 0.384 e. The van der Waals surface area contributed by atoms with Crippen LogP contribution in [-0.2, 0) is 6.42 Å². The number of hydrogen-bond donors (Lipinski definition) is 1. The van der Waals surface area contributed by atoms with Crippen LogP contribution < -0.4 is 5.73 Å². The number of nitrogens with two attached hydrogens (primary N) is 1. The molecule has 35 heavy (non-hydrogen) atoms. The zero-order chi connectivity index (χ0) is 25.1. The summed E-state index contributed by atoms with van der Waals surface area (Å²) in [5, 5.41) is 0. The lowest BCUT2D eigenvalue weighted by atomic mass is 10.00. The van der Waals surface area contributed by atoms with Crippen LogP contribution in [-0.4, -0.2) is 63.4 Å². The van der Waals surface area contributed by atoms with Gasteiger partial charge in [0.05, 0.1) is 17.0 Å². The number of carbonyl (C=O) groups excluding carboxylic acids is 1. The zero-order valence-corrected chi connectivity index (χ0v) is 19.8. The number of rotatable bonds is 3. The van der Waals surface area contributed by atoms with Crippen molar-refractivity contribution in [2.45, 2.75) is 26.3 Å². The second-order valence-electron chi connectivity index (χ2n) is 8.54. The van der Waals surface area contributed by atoms with Crippen LogP contribution in [0.2, 0.25) is 0 Å². The van der Waals surface area contributed by atoms with Gasteiger partial charge >= 0.3 is 0 Å². The number of likely N-dealkylation sites (N-methyl/N-ethyl adjacent to an activating group) is 1. The van der Waals surface area contributed by atoms with Gasteiger partial charge in [0, 0.05) is 43.0 Å². The Hall–Kier alpha value is -3.90. The van der Waals surface area contributed by atoms with Crippen molar-refractivity contribution in [3.63, 3.8) is 0 Å². The number of nitrogens with zero attached hydrogens (tertiary/aromatic N) is 5. The molecule has 2 N–H and O–H groups in total. The smallest absolute Gasteiger partial charge is 0.260 e. The maximum Gasteiger partial charge on any atom is 0.260 e. The summed E-state index contributed by atoms with van der Waals surface area (Å²) in [4.78, 5) is 29.2. The molecular weight excluding hydrogens is 450 g/mol. The third-order valence-corrected chi connectivity index (χ3v) is 6.00. The molecule has 1 aromatic carbocycles. The summed E-state index contributed by atoms with van der Waals surface area (Å²) in [6.07, 6.45) is 3.42. The Morgan fingerprint density at radius 2 is 1.89 bits per heavy atom. The van der Waals surface area contributed by atoms with Gasteiger partial charge < -0.3 is 15.5 Å². The highest BCUT2D eigenvalue weighted by Crippen LogP contribution is 2.28. The summed E-state index contributed by atoms with van der Waals surface area (Å²) in [5.41, 5.74) is 7.25.